The molecule has 2 heterocycles. The molecule has 0 saturated carbocycles. The van der Waals surface area contributed by atoms with Crippen LogP contribution >= 0.6 is 11.6 Å². The minimum absolute atomic E-state index is 0.460. The Labute approximate surface area is 117 Å². The van der Waals surface area contributed by atoms with Crippen LogP contribution in [-0.4, -0.2) is 40.9 Å². The fourth-order valence-electron chi connectivity index (χ4n) is 2.27. The summed E-state index contributed by atoms with van der Waals surface area (Å²) < 4.78 is 0. The normalized spacial score (nSPS) is 19.7. The maximum Gasteiger partial charge on any atom is 0.245 e. The molecule has 0 amide bonds. The smallest absolute Gasteiger partial charge is 0.245 e. The number of hydrogen-bond acceptors (Lipinski definition) is 4. The van der Waals surface area contributed by atoms with Crippen LogP contribution in [0.1, 0.15) is 6.92 Å². The zero-order chi connectivity index (χ0) is 13.2. The number of benzene rings is 1. The number of rotatable bonds is 2. The first-order valence-corrected chi connectivity index (χ1v) is 6.77. The Bertz CT molecular complexity index is 568. The molecule has 5 nitrogen and oxygen atoms in total. The third-order valence-electron chi connectivity index (χ3n) is 3.22. The van der Waals surface area contributed by atoms with Gasteiger partial charge in [0, 0.05) is 36.3 Å². The molecule has 1 fully saturated rings. The molecule has 6 heteroatoms. The summed E-state index contributed by atoms with van der Waals surface area (Å²) in [5.74, 6) is 1.51. The van der Waals surface area contributed by atoms with Gasteiger partial charge in [0.05, 0.1) is 0 Å². The Morgan fingerprint density at radius 3 is 3.11 bits per heavy atom. The molecule has 1 aliphatic heterocycles. The third kappa shape index (κ3) is 2.72. The Morgan fingerprint density at radius 1 is 1.42 bits per heavy atom. The number of aromatic nitrogens is 3. The van der Waals surface area contributed by atoms with Crippen molar-refractivity contribution in [3.8, 4) is 11.4 Å². The lowest BCUT2D eigenvalue weighted by molar-refractivity contribution is 0.480. The lowest BCUT2D eigenvalue weighted by atomic mass is 10.2. The molecule has 0 radical (unpaired) electrons. The lowest BCUT2D eigenvalue weighted by Gasteiger charge is -2.30. The molecule has 100 valence electrons. The van der Waals surface area contributed by atoms with E-state index in [4.69, 9.17) is 11.6 Å². The fraction of sp³-hybridized carbons (Fsp3) is 0.385. The number of halogens is 1. The summed E-state index contributed by atoms with van der Waals surface area (Å²) in [6.45, 7) is 4.98. The van der Waals surface area contributed by atoms with E-state index in [1.54, 1.807) is 0 Å². The molecule has 2 N–H and O–H groups in total. The highest BCUT2D eigenvalue weighted by Gasteiger charge is 2.19. The summed E-state index contributed by atoms with van der Waals surface area (Å²) in [6, 6.07) is 8.07. The van der Waals surface area contributed by atoms with Gasteiger partial charge in [-0.15, -0.1) is 5.10 Å². The largest absolute Gasteiger partial charge is 0.337 e. The van der Waals surface area contributed by atoms with E-state index >= 15 is 0 Å². The first-order valence-electron chi connectivity index (χ1n) is 6.39. The number of anilines is 1. The summed E-state index contributed by atoms with van der Waals surface area (Å²) in [5, 5.41) is 11.4. The van der Waals surface area contributed by atoms with Gasteiger partial charge in [0.25, 0.3) is 0 Å². The number of hydrogen-bond donors (Lipinski definition) is 2. The standard InChI is InChI=1S/C13H16ClN5/c1-9-8-19(6-5-15-9)13-16-12(17-18-13)10-3-2-4-11(14)7-10/h2-4,7,9,15H,5-6,8H2,1H3,(H,16,17,18)/t9-/m0/s1. The maximum absolute atomic E-state index is 5.99. The summed E-state index contributed by atoms with van der Waals surface area (Å²) in [5.41, 5.74) is 0.953. The fourth-order valence-corrected chi connectivity index (χ4v) is 2.46. The predicted molar refractivity (Wildman–Crippen MR) is 76.5 cm³/mol. The number of H-pyrrole nitrogens is 1. The van der Waals surface area contributed by atoms with Gasteiger partial charge in [-0.3, -0.25) is 5.10 Å². The highest BCUT2D eigenvalue weighted by molar-refractivity contribution is 6.30. The van der Waals surface area contributed by atoms with Crippen molar-refractivity contribution in [3.63, 3.8) is 0 Å². The van der Waals surface area contributed by atoms with E-state index in [0.29, 0.717) is 11.1 Å². The molecule has 19 heavy (non-hydrogen) atoms. The summed E-state index contributed by atoms with van der Waals surface area (Å²) in [7, 11) is 0. The topological polar surface area (TPSA) is 56.8 Å². The maximum atomic E-state index is 5.99. The van der Waals surface area contributed by atoms with Gasteiger partial charge in [0.2, 0.25) is 5.95 Å². The molecule has 0 bridgehead atoms. The van der Waals surface area contributed by atoms with Gasteiger partial charge >= 0.3 is 0 Å². The van der Waals surface area contributed by atoms with Gasteiger partial charge in [0.15, 0.2) is 5.82 Å². The zero-order valence-electron chi connectivity index (χ0n) is 10.7. The number of nitrogens with one attached hydrogen (secondary N) is 2. The van der Waals surface area contributed by atoms with Crippen LogP contribution in [0.5, 0.6) is 0 Å². The highest BCUT2D eigenvalue weighted by atomic mass is 35.5. The Balaban J connectivity index is 1.83. The second-order valence-corrected chi connectivity index (χ2v) is 5.23. The molecule has 1 atom stereocenters. The zero-order valence-corrected chi connectivity index (χ0v) is 11.5. The SMILES string of the molecule is C[C@H]1CN(c2n[nH]c(-c3cccc(Cl)c3)n2)CCN1. The van der Waals surface area contributed by atoms with Crippen LogP contribution in [0.4, 0.5) is 5.95 Å². The van der Waals surface area contributed by atoms with Crippen LogP contribution in [0.3, 0.4) is 0 Å². The van der Waals surface area contributed by atoms with E-state index < -0.39 is 0 Å². The molecule has 1 aromatic carbocycles. The van der Waals surface area contributed by atoms with Crippen LogP contribution in [0.25, 0.3) is 11.4 Å². The molecule has 0 aliphatic carbocycles. The van der Waals surface area contributed by atoms with Gasteiger partial charge in [0.1, 0.15) is 0 Å². The number of nitrogens with zero attached hydrogens (tertiary/aromatic N) is 3. The monoisotopic (exact) mass is 277 g/mol. The minimum atomic E-state index is 0.460. The average Bonchev–Trinajstić information content (AvgIpc) is 2.88. The predicted octanol–water partition coefficient (Wildman–Crippen LogP) is 1.92. The molecule has 2 aromatic rings. The van der Waals surface area contributed by atoms with Crippen molar-refractivity contribution in [3.05, 3.63) is 29.3 Å². The van der Waals surface area contributed by atoms with Crippen molar-refractivity contribution in [2.45, 2.75) is 13.0 Å². The number of aromatic amines is 1. The minimum Gasteiger partial charge on any atom is -0.337 e. The van der Waals surface area contributed by atoms with Crippen LogP contribution in [-0.2, 0) is 0 Å². The van der Waals surface area contributed by atoms with Crippen molar-refractivity contribution in [1.82, 2.24) is 20.5 Å². The molecular formula is C13H16ClN5. The van der Waals surface area contributed by atoms with Gasteiger partial charge in [-0.25, -0.2) is 0 Å². The van der Waals surface area contributed by atoms with E-state index in [1.807, 2.05) is 24.3 Å². The summed E-state index contributed by atoms with van der Waals surface area (Å²) in [6.07, 6.45) is 0. The lowest BCUT2D eigenvalue weighted by Crippen LogP contribution is -2.49. The second-order valence-electron chi connectivity index (χ2n) is 4.80. The van der Waals surface area contributed by atoms with E-state index in [0.717, 1.165) is 37.0 Å². The molecule has 0 unspecified atom stereocenters. The quantitative estimate of drug-likeness (QED) is 0.881. The van der Waals surface area contributed by atoms with Crippen molar-refractivity contribution in [1.29, 1.82) is 0 Å². The van der Waals surface area contributed by atoms with E-state index in [1.165, 1.54) is 0 Å². The third-order valence-corrected chi connectivity index (χ3v) is 3.46. The van der Waals surface area contributed by atoms with E-state index in [9.17, 15) is 0 Å². The van der Waals surface area contributed by atoms with Crippen LogP contribution < -0.4 is 10.2 Å². The van der Waals surface area contributed by atoms with Crippen molar-refractivity contribution in [2.75, 3.05) is 24.5 Å². The van der Waals surface area contributed by atoms with Crippen molar-refractivity contribution >= 4 is 17.5 Å². The Hall–Kier alpha value is -1.59. The Kier molecular flexibility index (Phi) is 3.40. The van der Waals surface area contributed by atoms with Crippen LogP contribution in [0, 0.1) is 0 Å². The van der Waals surface area contributed by atoms with Crippen LogP contribution in [0.15, 0.2) is 24.3 Å². The highest BCUT2D eigenvalue weighted by Crippen LogP contribution is 2.21. The Morgan fingerprint density at radius 2 is 2.32 bits per heavy atom. The van der Waals surface area contributed by atoms with Gasteiger partial charge in [-0.05, 0) is 19.1 Å². The molecule has 1 aliphatic rings. The molecule has 3 rings (SSSR count). The first kappa shape index (κ1) is 12.4. The average molecular weight is 278 g/mol. The van der Waals surface area contributed by atoms with Crippen molar-refractivity contribution in [2.24, 2.45) is 0 Å². The van der Waals surface area contributed by atoms with Gasteiger partial charge in [-0.1, -0.05) is 23.7 Å². The molecular weight excluding hydrogens is 262 g/mol. The molecule has 1 saturated heterocycles. The van der Waals surface area contributed by atoms with E-state index in [-0.39, 0.29) is 0 Å². The first-order chi connectivity index (χ1) is 9.22. The second kappa shape index (κ2) is 5.19. The summed E-state index contributed by atoms with van der Waals surface area (Å²) in [4.78, 5) is 6.74. The van der Waals surface area contributed by atoms with Crippen molar-refractivity contribution < 1.29 is 0 Å². The van der Waals surface area contributed by atoms with Crippen LogP contribution in [0.2, 0.25) is 5.02 Å². The molecule has 0 spiro atoms. The summed E-state index contributed by atoms with van der Waals surface area (Å²) >= 11 is 5.99. The van der Waals surface area contributed by atoms with Gasteiger partial charge < -0.3 is 10.2 Å². The number of piperazine rings is 1. The van der Waals surface area contributed by atoms with E-state index in [2.05, 4.69) is 32.3 Å². The van der Waals surface area contributed by atoms with Gasteiger partial charge in [-0.2, -0.15) is 4.98 Å². The molecule has 1 aromatic heterocycles.